The summed E-state index contributed by atoms with van der Waals surface area (Å²) in [5, 5.41) is 5.83. The van der Waals surface area contributed by atoms with Gasteiger partial charge in [-0.1, -0.05) is 18.2 Å². The lowest BCUT2D eigenvalue weighted by molar-refractivity contribution is -0.121. The van der Waals surface area contributed by atoms with Gasteiger partial charge in [-0.05, 0) is 45.0 Å². The number of carbonyl (C=O) groups is 1. The lowest BCUT2D eigenvalue weighted by Gasteiger charge is -2.22. The number of hydrogen-bond acceptors (Lipinski definition) is 5. The fourth-order valence-electron chi connectivity index (χ4n) is 2.55. The van der Waals surface area contributed by atoms with Gasteiger partial charge in [0, 0.05) is 31.7 Å². The van der Waals surface area contributed by atoms with Crippen molar-refractivity contribution in [3.63, 3.8) is 0 Å². The van der Waals surface area contributed by atoms with Gasteiger partial charge in [-0.3, -0.25) is 9.10 Å². The van der Waals surface area contributed by atoms with E-state index in [9.17, 15) is 13.2 Å². The molecule has 0 aliphatic carbocycles. The molecule has 1 aromatic heterocycles. The minimum Gasteiger partial charge on any atom is -0.370 e. The highest BCUT2D eigenvalue weighted by molar-refractivity contribution is 7.92. The van der Waals surface area contributed by atoms with E-state index in [1.165, 1.54) is 16.6 Å². The summed E-state index contributed by atoms with van der Waals surface area (Å²) in [5.74, 6) is 0.479. The number of sulfonamides is 1. The highest BCUT2D eigenvalue weighted by Gasteiger charge is 2.23. The second kappa shape index (κ2) is 9.36. The van der Waals surface area contributed by atoms with E-state index in [-0.39, 0.29) is 16.8 Å². The van der Waals surface area contributed by atoms with Crippen LogP contribution in [0.1, 0.15) is 27.2 Å². The summed E-state index contributed by atoms with van der Waals surface area (Å²) in [6, 6.07) is 12.2. The fraction of sp³-hybridized carbons (Fsp3) is 0.368. The molecule has 2 rings (SSSR count). The first-order chi connectivity index (χ1) is 12.8. The summed E-state index contributed by atoms with van der Waals surface area (Å²) >= 11 is 0. The molecule has 0 aliphatic rings. The summed E-state index contributed by atoms with van der Waals surface area (Å²) in [4.78, 5) is 15.9. The molecule has 0 atom stereocenters. The predicted molar refractivity (Wildman–Crippen MR) is 107 cm³/mol. The van der Waals surface area contributed by atoms with E-state index in [1.807, 2.05) is 19.9 Å². The number of pyridine rings is 1. The number of carbonyl (C=O) groups excluding carboxylic acids is 1. The Morgan fingerprint density at radius 1 is 1.15 bits per heavy atom. The molecule has 1 heterocycles. The third kappa shape index (κ3) is 5.68. The molecule has 0 fully saturated rings. The third-order valence-electron chi connectivity index (χ3n) is 3.76. The van der Waals surface area contributed by atoms with Crippen molar-refractivity contribution in [3.05, 3.63) is 48.7 Å². The van der Waals surface area contributed by atoms with Crippen molar-refractivity contribution >= 4 is 27.4 Å². The molecular weight excluding hydrogens is 364 g/mol. The molecule has 1 aromatic carbocycles. The number of nitrogens with zero attached hydrogens (tertiary/aromatic N) is 2. The number of hydrogen-bond donors (Lipinski definition) is 2. The van der Waals surface area contributed by atoms with Crippen LogP contribution in [0.15, 0.2) is 53.6 Å². The molecule has 8 heteroatoms. The van der Waals surface area contributed by atoms with Crippen molar-refractivity contribution in [3.8, 4) is 0 Å². The van der Waals surface area contributed by atoms with Gasteiger partial charge >= 0.3 is 0 Å². The first-order valence-electron chi connectivity index (χ1n) is 8.91. The lowest BCUT2D eigenvalue weighted by Crippen LogP contribution is -2.31. The Morgan fingerprint density at radius 2 is 1.85 bits per heavy atom. The van der Waals surface area contributed by atoms with E-state index in [0.29, 0.717) is 31.0 Å². The first-order valence-corrected chi connectivity index (χ1v) is 10.4. The van der Waals surface area contributed by atoms with Crippen LogP contribution in [0, 0.1) is 0 Å². The molecular formula is C19H26N4O3S. The highest BCUT2D eigenvalue weighted by atomic mass is 32.2. The topological polar surface area (TPSA) is 91.4 Å². The van der Waals surface area contributed by atoms with Gasteiger partial charge in [0.05, 0.1) is 5.69 Å². The molecule has 0 saturated carbocycles. The summed E-state index contributed by atoms with van der Waals surface area (Å²) < 4.78 is 27.1. The molecule has 2 aromatic rings. The Kier molecular flexibility index (Phi) is 7.18. The van der Waals surface area contributed by atoms with E-state index in [1.54, 1.807) is 37.3 Å². The minimum absolute atomic E-state index is 0.0434. The summed E-state index contributed by atoms with van der Waals surface area (Å²) in [5.41, 5.74) is 0.610. The zero-order valence-electron chi connectivity index (χ0n) is 15.8. The molecule has 146 valence electrons. The zero-order chi connectivity index (χ0) is 19.9. The SMILES string of the molecule is CCN(c1ccccc1)S(=O)(=O)c1ccc(NCCC(=O)NC(C)C)nc1. The van der Waals surface area contributed by atoms with Crippen LogP contribution in [-0.2, 0) is 14.8 Å². The van der Waals surface area contributed by atoms with Gasteiger partial charge < -0.3 is 10.6 Å². The predicted octanol–water partition coefficient (Wildman–Crippen LogP) is 2.62. The Bertz CT molecular complexity index is 837. The second-order valence-corrected chi connectivity index (χ2v) is 8.15. The molecule has 0 spiro atoms. The van der Waals surface area contributed by atoms with E-state index < -0.39 is 10.0 Å². The molecule has 1 amide bonds. The Hall–Kier alpha value is -2.61. The number of anilines is 2. The van der Waals surface area contributed by atoms with Crippen molar-refractivity contribution in [2.24, 2.45) is 0 Å². The van der Waals surface area contributed by atoms with E-state index >= 15 is 0 Å². The van der Waals surface area contributed by atoms with E-state index in [2.05, 4.69) is 15.6 Å². The maximum atomic E-state index is 12.9. The van der Waals surface area contributed by atoms with Crippen LogP contribution >= 0.6 is 0 Å². The van der Waals surface area contributed by atoms with Crippen molar-refractivity contribution in [1.29, 1.82) is 0 Å². The van der Waals surface area contributed by atoms with Gasteiger partial charge in [0.1, 0.15) is 10.7 Å². The fourth-order valence-corrected chi connectivity index (χ4v) is 3.97. The monoisotopic (exact) mass is 390 g/mol. The standard InChI is InChI=1S/C19H26N4O3S/c1-4-23(16-8-6-5-7-9-16)27(25,26)17-10-11-18(21-14-17)20-13-12-19(24)22-15(2)3/h5-11,14-15H,4,12-13H2,1-3H3,(H,20,21)(H,22,24). The van der Waals surface area contributed by atoms with Crippen LogP contribution < -0.4 is 14.9 Å². The van der Waals surface area contributed by atoms with Crippen molar-refractivity contribution in [2.45, 2.75) is 38.1 Å². The summed E-state index contributed by atoms with van der Waals surface area (Å²) in [6.45, 7) is 6.33. The highest BCUT2D eigenvalue weighted by Crippen LogP contribution is 2.23. The number of rotatable bonds is 9. The molecule has 0 radical (unpaired) electrons. The minimum atomic E-state index is -3.69. The van der Waals surface area contributed by atoms with Crippen LogP contribution in [0.2, 0.25) is 0 Å². The Labute approximate surface area is 160 Å². The molecule has 27 heavy (non-hydrogen) atoms. The van der Waals surface area contributed by atoms with Crippen molar-refractivity contribution in [2.75, 3.05) is 22.7 Å². The number of aromatic nitrogens is 1. The van der Waals surface area contributed by atoms with Gasteiger partial charge in [-0.2, -0.15) is 0 Å². The van der Waals surface area contributed by atoms with Crippen LogP contribution in [0.3, 0.4) is 0 Å². The average molecular weight is 391 g/mol. The third-order valence-corrected chi connectivity index (χ3v) is 5.65. The van der Waals surface area contributed by atoms with Crippen LogP contribution in [0.5, 0.6) is 0 Å². The van der Waals surface area contributed by atoms with Crippen molar-refractivity contribution in [1.82, 2.24) is 10.3 Å². The van der Waals surface area contributed by atoms with Gasteiger partial charge in [-0.25, -0.2) is 13.4 Å². The second-order valence-electron chi connectivity index (χ2n) is 6.28. The Morgan fingerprint density at radius 3 is 2.41 bits per heavy atom. The quantitative estimate of drug-likeness (QED) is 0.687. The normalized spacial score (nSPS) is 11.3. The molecule has 0 unspecified atom stereocenters. The van der Waals surface area contributed by atoms with Crippen molar-refractivity contribution < 1.29 is 13.2 Å². The number of benzene rings is 1. The lowest BCUT2D eigenvalue weighted by atomic mass is 10.3. The molecule has 0 saturated heterocycles. The largest absolute Gasteiger partial charge is 0.370 e. The summed E-state index contributed by atoms with van der Waals surface area (Å²) in [7, 11) is -3.69. The number of para-hydroxylation sites is 1. The molecule has 7 nitrogen and oxygen atoms in total. The average Bonchev–Trinajstić information content (AvgIpc) is 2.63. The molecule has 2 N–H and O–H groups in total. The molecule has 0 bridgehead atoms. The van der Waals surface area contributed by atoms with Gasteiger partial charge in [0.15, 0.2) is 0 Å². The van der Waals surface area contributed by atoms with Crippen LogP contribution in [0.4, 0.5) is 11.5 Å². The Balaban J connectivity index is 2.04. The zero-order valence-corrected chi connectivity index (χ0v) is 16.7. The van der Waals surface area contributed by atoms with E-state index in [0.717, 1.165) is 0 Å². The number of amides is 1. The maximum absolute atomic E-state index is 12.9. The summed E-state index contributed by atoms with van der Waals surface area (Å²) in [6.07, 6.45) is 1.65. The van der Waals surface area contributed by atoms with E-state index in [4.69, 9.17) is 0 Å². The number of nitrogens with one attached hydrogen (secondary N) is 2. The van der Waals surface area contributed by atoms with Crippen LogP contribution in [0.25, 0.3) is 0 Å². The smallest absolute Gasteiger partial charge is 0.265 e. The maximum Gasteiger partial charge on any atom is 0.265 e. The van der Waals surface area contributed by atoms with Gasteiger partial charge in [0.25, 0.3) is 10.0 Å². The van der Waals surface area contributed by atoms with Gasteiger partial charge in [0.2, 0.25) is 5.91 Å². The first kappa shape index (κ1) is 20.7. The molecule has 0 aliphatic heterocycles. The van der Waals surface area contributed by atoms with Gasteiger partial charge in [-0.15, -0.1) is 0 Å². The van der Waals surface area contributed by atoms with Crippen LogP contribution in [-0.4, -0.2) is 38.4 Å².